The lowest BCUT2D eigenvalue weighted by atomic mass is 9.99. The van der Waals surface area contributed by atoms with Gasteiger partial charge in [0.2, 0.25) is 0 Å². The van der Waals surface area contributed by atoms with Crippen molar-refractivity contribution in [3.8, 4) is 0 Å². The van der Waals surface area contributed by atoms with Gasteiger partial charge in [-0.3, -0.25) is 0 Å². The van der Waals surface area contributed by atoms with Crippen LogP contribution in [0.3, 0.4) is 0 Å². The smallest absolute Gasteiger partial charge is 0.142 e. The summed E-state index contributed by atoms with van der Waals surface area (Å²) in [4.78, 5) is 0. The van der Waals surface area contributed by atoms with Crippen molar-refractivity contribution in [2.45, 2.75) is 18.9 Å². The number of hydrogen-bond acceptors (Lipinski definition) is 1. The summed E-state index contributed by atoms with van der Waals surface area (Å²) in [5.41, 5.74) is 1.77. The molecule has 2 aromatic carbocycles. The fourth-order valence-corrected chi connectivity index (χ4v) is 2.87. The van der Waals surface area contributed by atoms with E-state index in [4.69, 9.17) is 34.8 Å². The molecule has 1 N–H and O–H groups in total. The van der Waals surface area contributed by atoms with Gasteiger partial charge in [-0.1, -0.05) is 46.9 Å². The molecule has 0 aromatic heterocycles. The van der Waals surface area contributed by atoms with E-state index in [2.05, 4.69) is 5.32 Å². The summed E-state index contributed by atoms with van der Waals surface area (Å²) >= 11 is 18.1. The van der Waals surface area contributed by atoms with Gasteiger partial charge in [0.25, 0.3) is 0 Å². The molecule has 2 aromatic rings. The number of benzene rings is 2. The molecule has 0 spiro atoms. The van der Waals surface area contributed by atoms with Crippen molar-refractivity contribution in [3.63, 3.8) is 0 Å². The van der Waals surface area contributed by atoms with Crippen molar-refractivity contribution in [3.05, 3.63) is 68.4 Å². The van der Waals surface area contributed by atoms with Crippen LogP contribution in [-0.4, -0.2) is 13.1 Å². The van der Waals surface area contributed by atoms with Crippen LogP contribution in [0.2, 0.25) is 15.1 Å². The first-order valence-electron chi connectivity index (χ1n) is 6.55. The first-order valence-corrected chi connectivity index (χ1v) is 7.68. The molecule has 1 atom stereocenters. The average Bonchev–Trinajstić information content (AvgIpc) is 2.45. The van der Waals surface area contributed by atoms with Crippen LogP contribution in [0.1, 0.15) is 11.1 Å². The van der Waals surface area contributed by atoms with Crippen LogP contribution in [0.25, 0.3) is 0 Å². The van der Waals surface area contributed by atoms with Gasteiger partial charge in [0.05, 0.1) is 5.02 Å². The number of halogens is 4. The van der Waals surface area contributed by atoms with Crippen LogP contribution in [0.15, 0.2) is 36.4 Å². The van der Waals surface area contributed by atoms with Gasteiger partial charge in [0.1, 0.15) is 5.82 Å². The number of nitrogens with one attached hydrogen (secondary N) is 1. The van der Waals surface area contributed by atoms with E-state index in [0.717, 1.165) is 11.1 Å². The largest absolute Gasteiger partial charge is 0.316 e. The second kappa shape index (κ2) is 7.46. The maximum absolute atomic E-state index is 13.5. The number of rotatable bonds is 5. The first-order chi connectivity index (χ1) is 10.0. The van der Waals surface area contributed by atoms with Gasteiger partial charge in [-0.05, 0) is 55.3 Å². The highest BCUT2D eigenvalue weighted by atomic mass is 35.5. The molecule has 0 aliphatic carbocycles. The van der Waals surface area contributed by atoms with Crippen LogP contribution >= 0.6 is 34.8 Å². The summed E-state index contributed by atoms with van der Waals surface area (Å²) in [6, 6.07) is 10.4. The van der Waals surface area contributed by atoms with E-state index in [-0.39, 0.29) is 11.1 Å². The fourth-order valence-electron chi connectivity index (χ4n) is 2.20. The highest BCUT2D eigenvalue weighted by Gasteiger charge is 2.14. The molecule has 0 heterocycles. The molecule has 21 heavy (non-hydrogen) atoms. The quantitative estimate of drug-likeness (QED) is 0.788. The van der Waals surface area contributed by atoms with E-state index in [0.29, 0.717) is 22.9 Å². The minimum absolute atomic E-state index is 0.1000. The summed E-state index contributed by atoms with van der Waals surface area (Å²) in [5, 5.41) is 4.64. The Bertz CT molecular complexity index is 611. The Balaban J connectivity index is 2.15. The Hall–Kier alpha value is -0.800. The van der Waals surface area contributed by atoms with E-state index >= 15 is 0 Å². The third kappa shape index (κ3) is 4.33. The van der Waals surface area contributed by atoms with Crippen molar-refractivity contribution in [1.29, 1.82) is 0 Å². The highest BCUT2D eigenvalue weighted by molar-refractivity contribution is 6.36. The van der Waals surface area contributed by atoms with Gasteiger partial charge in [-0.2, -0.15) is 0 Å². The van der Waals surface area contributed by atoms with Crippen molar-refractivity contribution in [2.75, 3.05) is 7.05 Å². The minimum atomic E-state index is -0.403. The molecule has 2 rings (SSSR count). The third-order valence-electron chi connectivity index (χ3n) is 3.39. The SMILES string of the molecule is CNC(Cc1ccc(Cl)c(F)c1)Cc1c(Cl)cccc1Cl. The predicted octanol–water partition coefficient (Wildman–Crippen LogP) is 5.16. The van der Waals surface area contributed by atoms with E-state index in [1.54, 1.807) is 6.07 Å². The first kappa shape index (κ1) is 16.6. The van der Waals surface area contributed by atoms with E-state index < -0.39 is 5.82 Å². The third-order valence-corrected chi connectivity index (χ3v) is 4.40. The normalized spacial score (nSPS) is 12.4. The molecule has 0 saturated heterocycles. The lowest BCUT2D eigenvalue weighted by Gasteiger charge is -2.18. The second-order valence-electron chi connectivity index (χ2n) is 4.84. The molecule has 0 fully saturated rings. The molecule has 112 valence electrons. The Morgan fingerprint density at radius 1 is 1.00 bits per heavy atom. The summed E-state index contributed by atoms with van der Waals surface area (Å²) in [6.07, 6.45) is 1.32. The lowest BCUT2D eigenvalue weighted by molar-refractivity contribution is 0.553. The fraction of sp³-hybridized carbons (Fsp3) is 0.250. The molecular weight excluding hydrogens is 332 g/mol. The zero-order valence-corrected chi connectivity index (χ0v) is 13.7. The average molecular weight is 347 g/mol. The molecule has 0 saturated carbocycles. The van der Waals surface area contributed by atoms with E-state index in [9.17, 15) is 4.39 Å². The van der Waals surface area contributed by atoms with Crippen molar-refractivity contribution < 1.29 is 4.39 Å². The van der Waals surface area contributed by atoms with Gasteiger partial charge >= 0.3 is 0 Å². The maximum Gasteiger partial charge on any atom is 0.142 e. The standard InChI is InChI=1S/C16H15Cl3FN/c1-21-11(7-10-5-6-15(19)16(20)8-10)9-12-13(17)3-2-4-14(12)18/h2-6,8,11,21H,7,9H2,1H3. The zero-order valence-electron chi connectivity index (χ0n) is 11.5. The molecule has 0 aliphatic rings. The Kier molecular flexibility index (Phi) is 5.88. The van der Waals surface area contributed by atoms with Crippen LogP contribution in [0.4, 0.5) is 4.39 Å². The van der Waals surface area contributed by atoms with Crippen LogP contribution in [0, 0.1) is 5.82 Å². The molecular formula is C16H15Cl3FN. The maximum atomic E-state index is 13.5. The van der Waals surface area contributed by atoms with E-state index in [1.807, 2.05) is 31.3 Å². The van der Waals surface area contributed by atoms with Gasteiger partial charge in [-0.25, -0.2) is 4.39 Å². The number of hydrogen-bond donors (Lipinski definition) is 1. The number of likely N-dealkylation sites (N-methyl/N-ethyl adjacent to an activating group) is 1. The molecule has 5 heteroatoms. The summed E-state index contributed by atoms with van der Waals surface area (Å²) in [7, 11) is 1.86. The molecule has 0 radical (unpaired) electrons. The Morgan fingerprint density at radius 2 is 1.67 bits per heavy atom. The topological polar surface area (TPSA) is 12.0 Å². The summed E-state index contributed by atoms with van der Waals surface area (Å²) in [6.45, 7) is 0. The molecule has 0 amide bonds. The monoisotopic (exact) mass is 345 g/mol. The molecule has 0 bridgehead atoms. The Morgan fingerprint density at radius 3 is 2.24 bits per heavy atom. The zero-order chi connectivity index (χ0) is 15.4. The van der Waals surface area contributed by atoms with Gasteiger partial charge in [0, 0.05) is 16.1 Å². The van der Waals surface area contributed by atoms with Gasteiger partial charge in [0.15, 0.2) is 0 Å². The molecule has 0 aliphatic heterocycles. The predicted molar refractivity (Wildman–Crippen MR) is 88.1 cm³/mol. The second-order valence-corrected chi connectivity index (χ2v) is 6.06. The van der Waals surface area contributed by atoms with Crippen LogP contribution < -0.4 is 5.32 Å². The summed E-state index contributed by atoms with van der Waals surface area (Å²) in [5.74, 6) is -0.403. The van der Waals surface area contributed by atoms with Crippen molar-refractivity contribution in [2.24, 2.45) is 0 Å². The van der Waals surface area contributed by atoms with Crippen LogP contribution in [0.5, 0.6) is 0 Å². The van der Waals surface area contributed by atoms with Crippen molar-refractivity contribution in [1.82, 2.24) is 5.32 Å². The Labute approximate surface area is 139 Å². The lowest BCUT2D eigenvalue weighted by Crippen LogP contribution is -2.30. The van der Waals surface area contributed by atoms with E-state index in [1.165, 1.54) is 6.07 Å². The summed E-state index contributed by atoms with van der Waals surface area (Å²) < 4.78 is 13.5. The minimum Gasteiger partial charge on any atom is -0.316 e. The van der Waals surface area contributed by atoms with Gasteiger partial charge < -0.3 is 5.32 Å². The van der Waals surface area contributed by atoms with Crippen molar-refractivity contribution >= 4 is 34.8 Å². The molecule has 1 unspecified atom stereocenters. The van der Waals surface area contributed by atoms with Gasteiger partial charge in [-0.15, -0.1) is 0 Å². The van der Waals surface area contributed by atoms with Crippen LogP contribution in [-0.2, 0) is 12.8 Å². The molecule has 1 nitrogen and oxygen atoms in total. The highest BCUT2D eigenvalue weighted by Crippen LogP contribution is 2.26.